The van der Waals surface area contributed by atoms with Crippen LogP contribution < -0.4 is 0 Å². The zero-order valence-corrected chi connectivity index (χ0v) is 9.07. The average molecular weight is 213 g/mol. The van der Waals surface area contributed by atoms with Crippen molar-refractivity contribution >= 4 is 5.91 Å². The molecule has 1 heterocycles. The molecule has 2 rings (SSSR count). The number of hydrogen-bond acceptors (Lipinski definition) is 3. The third-order valence-electron chi connectivity index (χ3n) is 3.38. The number of carbonyl (C=O) groups excluding carboxylic acids is 1. The number of nitrogens with zero attached hydrogens (tertiary/aromatic N) is 1. The van der Waals surface area contributed by atoms with Crippen LogP contribution in [-0.4, -0.2) is 47.8 Å². The van der Waals surface area contributed by atoms with Crippen molar-refractivity contribution in [2.75, 3.05) is 26.3 Å². The topological polar surface area (TPSA) is 49.8 Å². The SMILES string of the molecule is O=C(N1CCOCC1)C1(O)CCCCC1. The highest BCUT2D eigenvalue weighted by atomic mass is 16.5. The summed E-state index contributed by atoms with van der Waals surface area (Å²) in [4.78, 5) is 13.8. The van der Waals surface area contributed by atoms with Gasteiger partial charge in [0.25, 0.3) is 5.91 Å². The van der Waals surface area contributed by atoms with Crippen LogP contribution in [0.1, 0.15) is 32.1 Å². The van der Waals surface area contributed by atoms with Crippen molar-refractivity contribution in [1.82, 2.24) is 4.90 Å². The lowest BCUT2D eigenvalue weighted by molar-refractivity contribution is -0.158. The van der Waals surface area contributed by atoms with Crippen LogP contribution in [0.2, 0.25) is 0 Å². The van der Waals surface area contributed by atoms with Crippen LogP contribution in [0.3, 0.4) is 0 Å². The van der Waals surface area contributed by atoms with Gasteiger partial charge in [-0.3, -0.25) is 4.79 Å². The Morgan fingerprint density at radius 2 is 1.73 bits per heavy atom. The van der Waals surface area contributed by atoms with Gasteiger partial charge in [0, 0.05) is 13.1 Å². The van der Waals surface area contributed by atoms with Gasteiger partial charge in [0.05, 0.1) is 13.2 Å². The van der Waals surface area contributed by atoms with Gasteiger partial charge in [0.2, 0.25) is 0 Å². The minimum atomic E-state index is -1.07. The summed E-state index contributed by atoms with van der Waals surface area (Å²) in [5, 5.41) is 10.3. The van der Waals surface area contributed by atoms with Crippen LogP contribution in [0, 0.1) is 0 Å². The maximum Gasteiger partial charge on any atom is 0.254 e. The van der Waals surface area contributed by atoms with Crippen molar-refractivity contribution in [3.05, 3.63) is 0 Å². The Balaban J connectivity index is 1.98. The fourth-order valence-corrected chi connectivity index (χ4v) is 2.41. The number of aliphatic hydroxyl groups is 1. The van der Waals surface area contributed by atoms with E-state index >= 15 is 0 Å². The van der Waals surface area contributed by atoms with Gasteiger partial charge in [-0.05, 0) is 12.8 Å². The number of morpholine rings is 1. The van der Waals surface area contributed by atoms with E-state index in [-0.39, 0.29) is 5.91 Å². The number of carbonyl (C=O) groups is 1. The van der Waals surface area contributed by atoms with Crippen molar-refractivity contribution in [3.63, 3.8) is 0 Å². The summed E-state index contributed by atoms with van der Waals surface area (Å²) < 4.78 is 5.19. The summed E-state index contributed by atoms with van der Waals surface area (Å²) in [5.41, 5.74) is -1.07. The largest absolute Gasteiger partial charge is 0.380 e. The Morgan fingerprint density at radius 3 is 2.33 bits per heavy atom. The fourth-order valence-electron chi connectivity index (χ4n) is 2.41. The van der Waals surface area contributed by atoms with Gasteiger partial charge in [0.1, 0.15) is 5.60 Å². The van der Waals surface area contributed by atoms with E-state index in [4.69, 9.17) is 4.74 Å². The maximum absolute atomic E-state index is 12.1. The molecule has 1 aliphatic carbocycles. The average Bonchev–Trinajstić information content (AvgIpc) is 2.30. The van der Waals surface area contributed by atoms with Crippen molar-refractivity contribution in [2.24, 2.45) is 0 Å². The lowest BCUT2D eigenvalue weighted by Crippen LogP contribution is -2.53. The van der Waals surface area contributed by atoms with Gasteiger partial charge in [-0.15, -0.1) is 0 Å². The molecule has 0 aromatic carbocycles. The summed E-state index contributed by atoms with van der Waals surface area (Å²) in [6.45, 7) is 2.45. The molecule has 1 saturated carbocycles. The molecule has 0 aromatic rings. The van der Waals surface area contributed by atoms with E-state index in [9.17, 15) is 9.90 Å². The van der Waals surface area contributed by atoms with E-state index in [1.807, 2.05) is 0 Å². The van der Waals surface area contributed by atoms with E-state index in [2.05, 4.69) is 0 Å². The highest BCUT2D eigenvalue weighted by molar-refractivity contribution is 5.85. The Kier molecular flexibility index (Phi) is 3.26. The molecule has 2 aliphatic rings. The van der Waals surface area contributed by atoms with Crippen LogP contribution in [0.5, 0.6) is 0 Å². The van der Waals surface area contributed by atoms with Crippen molar-refractivity contribution in [3.8, 4) is 0 Å². The smallest absolute Gasteiger partial charge is 0.254 e. The van der Waals surface area contributed by atoms with Gasteiger partial charge in [-0.1, -0.05) is 19.3 Å². The van der Waals surface area contributed by atoms with Gasteiger partial charge in [-0.2, -0.15) is 0 Å². The molecule has 0 unspecified atom stereocenters. The number of hydrogen-bond donors (Lipinski definition) is 1. The number of amides is 1. The third kappa shape index (κ3) is 2.32. The first-order chi connectivity index (χ1) is 7.22. The molecule has 15 heavy (non-hydrogen) atoms. The van der Waals surface area contributed by atoms with Gasteiger partial charge in [-0.25, -0.2) is 0 Å². The highest BCUT2D eigenvalue weighted by Gasteiger charge is 2.40. The van der Waals surface area contributed by atoms with Crippen LogP contribution >= 0.6 is 0 Å². The van der Waals surface area contributed by atoms with Crippen molar-refractivity contribution < 1.29 is 14.6 Å². The maximum atomic E-state index is 12.1. The van der Waals surface area contributed by atoms with E-state index < -0.39 is 5.60 Å². The molecule has 0 aromatic heterocycles. The summed E-state index contributed by atoms with van der Waals surface area (Å²) in [7, 11) is 0. The normalized spacial score (nSPS) is 26.3. The molecule has 4 nitrogen and oxygen atoms in total. The van der Waals surface area contributed by atoms with Crippen molar-refractivity contribution in [1.29, 1.82) is 0 Å². The standard InChI is InChI=1S/C11H19NO3/c13-10(12-6-8-15-9-7-12)11(14)4-2-1-3-5-11/h14H,1-9H2. The molecule has 1 N–H and O–H groups in total. The summed E-state index contributed by atoms with van der Waals surface area (Å²) in [5.74, 6) is -0.0782. The Bertz CT molecular complexity index is 230. The molecular weight excluding hydrogens is 194 g/mol. The molecular formula is C11H19NO3. The quantitative estimate of drug-likeness (QED) is 0.691. The lowest BCUT2D eigenvalue weighted by Gasteiger charge is -2.37. The third-order valence-corrected chi connectivity index (χ3v) is 3.38. The Morgan fingerprint density at radius 1 is 1.13 bits per heavy atom. The molecule has 4 heteroatoms. The Labute approximate surface area is 90.2 Å². The van der Waals surface area contributed by atoms with Crippen LogP contribution in [0.25, 0.3) is 0 Å². The molecule has 1 saturated heterocycles. The Hall–Kier alpha value is -0.610. The second kappa shape index (κ2) is 4.49. The predicted octanol–water partition coefficient (Wildman–Crippen LogP) is 0.540. The molecule has 1 aliphatic heterocycles. The van der Waals surface area contributed by atoms with E-state index in [1.165, 1.54) is 0 Å². The monoisotopic (exact) mass is 213 g/mol. The van der Waals surface area contributed by atoms with Gasteiger partial charge < -0.3 is 14.7 Å². The molecule has 86 valence electrons. The van der Waals surface area contributed by atoms with Gasteiger partial charge >= 0.3 is 0 Å². The second-order valence-corrected chi connectivity index (χ2v) is 4.50. The molecule has 0 spiro atoms. The molecule has 0 radical (unpaired) electrons. The van der Waals surface area contributed by atoms with E-state index in [0.29, 0.717) is 39.1 Å². The zero-order valence-electron chi connectivity index (χ0n) is 9.07. The minimum Gasteiger partial charge on any atom is -0.380 e. The number of ether oxygens (including phenoxy) is 1. The first-order valence-corrected chi connectivity index (χ1v) is 5.82. The molecule has 2 fully saturated rings. The fraction of sp³-hybridized carbons (Fsp3) is 0.909. The van der Waals surface area contributed by atoms with Crippen LogP contribution in [0.15, 0.2) is 0 Å². The van der Waals surface area contributed by atoms with Crippen LogP contribution in [-0.2, 0) is 9.53 Å². The van der Waals surface area contributed by atoms with Gasteiger partial charge in [0.15, 0.2) is 0 Å². The first kappa shape index (κ1) is 10.9. The summed E-state index contributed by atoms with van der Waals surface area (Å²) in [6.07, 6.45) is 4.32. The summed E-state index contributed by atoms with van der Waals surface area (Å²) >= 11 is 0. The van der Waals surface area contributed by atoms with Crippen molar-refractivity contribution in [2.45, 2.75) is 37.7 Å². The van der Waals surface area contributed by atoms with Crippen LogP contribution in [0.4, 0.5) is 0 Å². The second-order valence-electron chi connectivity index (χ2n) is 4.50. The number of rotatable bonds is 1. The molecule has 0 atom stereocenters. The van der Waals surface area contributed by atoms with E-state index in [0.717, 1.165) is 19.3 Å². The minimum absolute atomic E-state index is 0.0782. The predicted molar refractivity (Wildman–Crippen MR) is 55.4 cm³/mol. The lowest BCUT2D eigenvalue weighted by atomic mass is 9.83. The molecule has 1 amide bonds. The highest BCUT2D eigenvalue weighted by Crippen LogP contribution is 2.29. The first-order valence-electron chi connectivity index (χ1n) is 5.82. The summed E-state index contributed by atoms with van der Waals surface area (Å²) in [6, 6.07) is 0. The van der Waals surface area contributed by atoms with E-state index in [1.54, 1.807) is 4.90 Å². The molecule has 0 bridgehead atoms. The zero-order chi connectivity index (χ0) is 10.7.